The Morgan fingerprint density at radius 1 is 1.30 bits per heavy atom. The minimum atomic E-state index is -0.475. The van der Waals surface area contributed by atoms with Gasteiger partial charge in [-0.2, -0.15) is 0 Å². The first-order chi connectivity index (χ1) is 10.9. The summed E-state index contributed by atoms with van der Waals surface area (Å²) in [5.41, 5.74) is 0.979. The average Bonchev–Trinajstić information content (AvgIpc) is 3.00. The zero-order valence-electron chi connectivity index (χ0n) is 13.2. The van der Waals surface area contributed by atoms with Crippen LogP contribution in [-0.2, 0) is 14.4 Å². The number of hydrogen-bond donors (Lipinski definition) is 2. The summed E-state index contributed by atoms with van der Waals surface area (Å²) in [6.07, 6.45) is 1.80. The van der Waals surface area contributed by atoms with Crippen LogP contribution in [0.3, 0.4) is 0 Å². The minimum absolute atomic E-state index is 0.113. The molecule has 3 amide bonds. The standard InChI is InChI=1S/C16H20ClN3O3/c1-3-15(22)18-11-6-7-12(17)13(9-11)19-16(23)14-5-4-8-20(14)10(2)21/h6-7,9,14H,3-5,8H2,1-2H3,(H,18,22)(H,19,23)/t14-/m0/s1. The lowest BCUT2D eigenvalue weighted by atomic mass is 10.2. The van der Waals surface area contributed by atoms with Crippen molar-refractivity contribution >= 4 is 40.7 Å². The molecule has 0 bridgehead atoms. The second-order valence-corrected chi connectivity index (χ2v) is 5.86. The zero-order chi connectivity index (χ0) is 17.0. The molecule has 0 saturated carbocycles. The van der Waals surface area contributed by atoms with E-state index in [-0.39, 0.29) is 17.7 Å². The number of rotatable bonds is 4. The Morgan fingerprint density at radius 3 is 2.70 bits per heavy atom. The van der Waals surface area contributed by atoms with Crippen LogP contribution in [0.2, 0.25) is 5.02 Å². The van der Waals surface area contributed by atoms with E-state index in [1.54, 1.807) is 30.0 Å². The van der Waals surface area contributed by atoms with E-state index in [9.17, 15) is 14.4 Å². The molecule has 1 fully saturated rings. The molecule has 1 saturated heterocycles. The molecule has 0 spiro atoms. The molecule has 0 aromatic heterocycles. The largest absolute Gasteiger partial charge is 0.331 e. The number of hydrogen-bond acceptors (Lipinski definition) is 3. The van der Waals surface area contributed by atoms with Crippen LogP contribution in [0.1, 0.15) is 33.1 Å². The molecular formula is C16H20ClN3O3. The number of anilines is 2. The molecule has 0 aliphatic carbocycles. The van der Waals surface area contributed by atoms with Crippen LogP contribution in [0.4, 0.5) is 11.4 Å². The maximum absolute atomic E-state index is 12.4. The smallest absolute Gasteiger partial charge is 0.247 e. The summed E-state index contributed by atoms with van der Waals surface area (Å²) < 4.78 is 0. The summed E-state index contributed by atoms with van der Waals surface area (Å²) in [7, 11) is 0. The number of nitrogens with zero attached hydrogens (tertiary/aromatic N) is 1. The highest BCUT2D eigenvalue weighted by Gasteiger charge is 2.32. The molecule has 1 atom stereocenters. The molecule has 2 N–H and O–H groups in total. The van der Waals surface area contributed by atoms with Gasteiger partial charge in [-0.05, 0) is 31.0 Å². The topological polar surface area (TPSA) is 78.5 Å². The molecule has 0 unspecified atom stereocenters. The predicted octanol–water partition coefficient (Wildman–Crippen LogP) is 2.64. The van der Waals surface area contributed by atoms with E-state index >= 15 is 0 Å². The molecule has 6 nitrogen and oxygen atoms in total. The van der Waals surface area contributed by atoms with Crippen LogP contribution in [0.15, 0.2) is 18.2 Å². The van der Waals surface area contributed by atoms with E-state index in [0.717, 1.165) is 6.42 Å². The van der Waals surface area contributed by atoms with Crippen LogP contribution in [0.5, 0.6) is 0 Å². The summed E-state index contributed by atoms with van der Waals surface area (Å²) in [4.78, 5) is 37.0. The third-order valence-corrected chi connectivity index (χ3v) is 4.12. The third-order valence-electron chi connectivity index (χ3n) is 3.79. The molecule has 1 aliphatic heterocycles. The average molecular weight is 338 g/mol. The SMILES string of the molecule is CCC(=O)Nc1ccc(Cl)c(NC(=O)[C@@H]2CCCN2C(C)=O)c1. The van der Waals surface area contributed by atoms with Crippen molar-refractivity contribution in [3.05, 3.63) is 23.2 Å². The van der Waals surface area contributed by atoms with Gasteiger partial charge in [0.2, 0.25) is 17.7 Å². The Kier molecular flexibility index (Phi) is 5.60. The number of benzene rings is 1. The van der Waals surface area contributed by atoms with Crippen molar-refractivity contribution in [2.24, 2.45) is 0 Å². The molecular weight excluding hydrogens is 318 g/mol. The fourth-order valence-electron chi connectivity index (χ4n) is 2.58. The zero-order valence-corrected chi connectivity index (χ0v) is 13.9. The van der Waals surface area contributed by atoms with Gasteiger partial charge >= 0.3 is 0 Å². The van der Waals surface area contributed by atoms with E-state index in [1.165, 1.54) is 6.92 Å². The van der Waals surface area contributed by atoms with Gasteiger partial charge in [-0.1, -0.05) is 18.5 Å². The Balaban J connectivity index is 2.12. The summed E-state index contributed by atoms with van der Waals surface area (Å²) >= 11 is 6.11. The number of amides is 3. The van der Waals surface area contributed by atoms with Gasteiger partial charge in [0, 0.05) is 25.6 Å². The Morgan fingerprint density at radius 2 is 2.04 bits per heavy atom. The maximum Gasteiger partial charge on any atom is 0.247 e. The van der Waals surface area contributed by atoms with Crippen LogP contribution in [0.25, 0.3) is 0 Å². The Labute approximate surface area is 140 Å². The molecule has 1 aromatic carbocycles. The second kappa shape index (κ2) is 7.46. The molecule has 1 heterocycles. The monoisotopic (exact) mass is 337 g/mol. The molecule has 1 aromatic rings. The van der Waals surface area contributed by atoms with Crippen LogP contribution in [-0.4, -0.2) is 35.2 Å². The summed E-state index contributed by atoms with van der Waals surface area (Å²) in [5.74, 6) is -0.501. The number of carbonyl (C=O) groups excluding carboxylic acids is 3. The fraction of sp³-hybridized carbons (Fsp3) is 0.438. The van der Waals surface area contributed by atoms with Crippen molar-refractivity contribution in [3.8, 4) is 0 Å². The predicted molar refractivity (Wildman–Crippen MR) is 89.4 cm³/mol. The van der Waals surface area contributed by atoms with E-state index in [1.807, 2.05) is 0 Å². The lowest BCUT2D eigenvalue weighted by Crippen LogP contribution is -2.42. The highest BCUT2D eigenvalue weighted by atomic mass is 35.5. The first-order valence-electron chi connectivity index (χ1n) is 7.60. The summed E-state index contributed by atoms with van der Waals surface area (Å²) in [6.45, 7) is 3.80. The van der Waals surface area contributed by atoms with Gasteiger partial charge in [0.15, 0.2) is 0 Å². The lowest BCUT2D eigenvalue weighted by Gasteiger charge is -2.22. The quantitative estimate of drug-likeness (QED) is 0.886. The van der Waals surface area contributed by atoms with Gasteiger partial charge in [-0.25, -0.2) is 0 Å². The number of halogens is 1. The van der Waals surface area contributed by atoms with E-state index in [4.69, 9.17) is 11.6 Å². The highest BCUT2D eigenvalue weighted by molar-refractivity contribution is 6.34. The molecule has 2 rings (SSSR count). The summed E-state index contributed by atoms with van der Waals surface area (Å²) in [5, 5.41) is 5.84. The van der Waals surface area contributed by atoms with Gasteiger partial charge in [0.1, 0.15) is 6.04 Å². The summed E-state index contributed by atoms with van der Waals surface area (Å²) in [6, 6.07) is 4.42. The minimum Gasteiger partial charge on any atom is -0.331 e. The van der Waals surface area contributed by atoms with Crippen LogP contribution >= 0.6 is 11.6 Å². The Bertz CT molecular complexity index is 633. The maximum atomic E-state index is 12.4. The van der Waals surface area contributed by atoms with Crippen molar-refractivity contribution in [2.75, 3.05) is 17.2 Å². The normalized spacial score (nSPS) is 17.0. The number of likely N-dealkylation sites (tertiary alicyclic amines) is 1. The molecule has 124 valence electrons. The molecule has 0 radical (unpaired) electrons. The van der Waals surface area contributed by atoms with Crippen molar-refractivity contribution < 1.29 is 14.4 Å². The van der Waals surface area contributed by atoms with Crippen molar-refractivity contribution in [3.63, 3.8) is 0 Å². The van der Waals surface area contributed by atoms with E-state index in [2.05, 4.69) is 10.6 Å². The third kappa shape index (κ3) is 4.22. The van der Waals surface area contributed by atoms with Crippen LogP contribution in [0, 0.1) is 0 Å². The van der Waals surface area contributed by atoms with Gasteiger partial charge in [0.25, 0.3) is 0 Å². The number of nitrogens with one attached hydrogen (secondary N) is 2. The van der Waals surface area contributed by atoms with Crippen molar-refractivity contribution in [1.82, 2.24) is 4.90 Å². The molecule has 7 heteroatoms. The van der Waals surface area contributed by atoms with Crippen LogP contribution < -0.4 is 10.6 Å². The van der Waals surface area contributed by atoms with Gasteiger partial charge in [-0.15, -0.1) is 0 Å². The highest BCUT2D eigenvalue weighted by Crippen LogP contribution is 2.27. The van der Waals surface area contributed by atoms with E-state index < -0.39 is 6.04 Å². The molecule has 1 aliphatic rings. The van der Waals surface area contributed by atoms with Gasteiger partial charge in [-0.3, -0.25) is 14.4 Å². The second-order valence-electron chi connectivity index (χ2n) is 5.46. The van der Waals surface area contributed by atoms with E-state index in [0.29, 0.717) is 35.8 Å². The first kappa shape index (κ1) is 17.3. The first-order valence-corrected chi connectivity index (χ1v) is 7.97. The lowest BCUT2D eigenvalue weighted by molar-refractivity contribution is -0.134. The Hall–Kier alpha value is -2.08. The number of carbonyl (C=O) groups is 3. The molecule has 23 heavy (non-hydrogen) atoms. The van der Waals surface area contributed by atoms with Gasteiger partial charge < -0.3 is 15.5 Å². The fourth-order valence-corrected chi connectivity index (χ4v) is 2.75. The van der Waals surface area contributed by atoms with Gasteiger partial charge in [0.05, 0.1) is 10.7 Å². The van der Waals surface area contributed by atoms with Crippen molar-refractivity contribution in [2.45, 2.75) is 39.2 Å². The van der Waals surface area contributed by atoms with Crippen molar-refractivity contribution in [1.29, 1.82) is 0 Å².